The van der Waals surface area contributed by atoms with Crippen molar-refractivity contribution in [3.05, 3.63) is 28.8 Å². The zero-order valence-corrected chi connectivity index (χ0v) is 8.52. The van der Waals surface area contributed by atoms with Gasteiger partial charge in [0.2, 0.25) is 0 Å². The van der Waals surface area contributed by atoms with Gasteiger partial charge in [0.15, 0.2) is 0 Å². The van der Waals surface area contributed by atoms with E-state index in [1.807, 2.05) is 25.1 Å². The highest BCUT2D eigenvalue weighted by molar-refractivity contribution is 6.33. The van der Waals surface area contributed by atoms with Crippen LogP contribution in [-0.2, 0) is 6.42 Å². The molecule has 0 spiro atoms. The van der Waals surface area contributed by atoms with Gasteiger partial charge in [0.25, 0.3) is 0 Å². The van der Waals surface area contributed by atoms with Crippen LogP contribution in [0.25, 0.3) is 0 Å². The lowest BCUT2D eigenvalue weighted by Crippen LogP contribution is -2.09. The van der Waals surface area contributed by atoms with Crippen LogP contribution in [0.2, 0.25) is 5.02 Å². The summed E-state index contributed by atoms with van der Waals surface area (Å²) in [7, 11) is 3.99. The second-order valence-corrected chi connectivity index (χ2v) is 3.44. The van der Waals surface area contributed by atoms with E-state index >= 15 is 0 Å². The summed E-state index contributed by atoms with van der Waals surface area (Å²) < 4.78 is 0. The Balaban J connectivity index is 3.03. The Bertz CT molecular complexity index is 269. The highest BCUT2D eigenvalue weighted by Gasteiger charge is 2.01. The number of hydrogen-bond acceptors (Lipinski definition) is 1. The van der Waals surface area contributed by atoms with E-state index in [0.29, 0.717) is 0 Å². The van der Waals surface area contributed by atoms with Crippen LogP contribution in [0.4, 0.5) is 5.69 Å². The fourth-order valence-corrected chi connectivity index (χ4v) is 1.51. The first kappa shape index (κ1) is 9.40. The van der Waals surface area contributed by atoms with Crippen LogP contribution in [0, 0.1) is 0 Å². The SMILES string of the molecule is CCc1ccc(N(C)C)c(Cl)c1. The van der Waals surface area contributed by atoms with E-state index in [2.05, 4.69) is 19.1 Å². The predicted octanol–water partition coefficient (Wildman–Crippen LogP) is 2.97. The van der Waals surface area contributed by atoms with Gasteiger partial charge in [-0.05, 0) is 24.1 Å². The molecule has 66 valence electrons. The molecule has 0 atom stereocenters. The van der Waals surface area contributed by atoms with Crippen molar-refractivity contribution in [3.63, 3.8) is 0 Å². The maximum atomic E-state index is 6.06. The monoisotopic (exact) mass is 183 g/mol. The Hall–Kier alpha value is -0.690. The van der Waals surface area contributed by atoms with E-state index in [4.69, 9.17) is 11.6 Å². The molecule has 0 radical (unpaired) electrons. The minimum Gasteiger partial charge on any atom is -0.376 e. The maximum Gasteiger partial charge on any atom is 0.0642 e. The van der Waals surface area contributed by atoms with Gasteiger partial charge in [0, 0.05) is 14.1 Å². The molecule has 1 aromatic carbocycles. The Morgan fingerprint density at radius 3 is 2.42 bits per heavy atom. The summed E-state index contributed by atoms with van der Waals surface area (Å²) in [5, 5.41) is 0.833. The number of anilines is 1. The van der Waals surface area contributed by atoms with Crippen molar-refractivity contribution < 1.29 is 0 Å². The molecule has 0 unspecified atom stereocenters. The summed E-state index contributed by atoms with van der Waals surface area (Å²) in [5.74, 6) is 0. The van der Waals surface area contributed by atoms with E-state index < -0.39 is 0 Å². The molecule has 0 saturated carbocycles. The minimum absolute atomic E-state index is 0.833. The Morgan fingerprint density at radius 2 is 2.00 bits per heavy atom. The van der Waals surface area contributed by atoms with Crippen LogP contribution in [0.15, 0.2) is 18.2 Å². The summed E-state index contributed by atoms with van der Waals surface area (Å²) in [5.41, 5.74) is 2.36. The van der Waals surface area contributed by atoms with Gasteiger partial charge >= 0.3 is 0 Å². The van der Waals surface area contributed by atoms with Gasteiger partial charge in [-0.2, -0.15) is 0 Å². The first-order valence-corrected chi connectivity index (χ1v) is 4.48. The summed E-state index contributed by atoms with van der Waals surface area (Å²) in [6.45, 7) is 2.13. The van der Waals surface area contributed by atoms with Crippen molar-refractivity contribution in [2.75, 3.05) is 19.0 Å². The molecule has 0 bridgehead atoms. The Kier molecular flexibility index (Phi) is 2.99. The van der Waals surface area contributed by atoms with Crippen molar-refractivity contribution in [3.8, 4) is 0 Å². The van der Waals surface area contributed by atoms with Gasteiger partial charge in [-0.15, -0.1) is 0 Å². The van der Waals surface area contributed by atoms with Crippen LogP contribution in [0.1, 0.15) is 12.5 Å². The van der Waals surface area contributed by atoms with Crippen LogP contribution < -0.4 is 4.90 Å². The molecule has 0 amide bonds. The lowest BCUT2D eigenvalue weighted by Gasteiger charge is -2.14. The molecule has 1 nitrogen and oxygen atoms in total. The topological polar surface area (TPSA) is 3.24 Å². The molecule has 0 N–H and O–H groups in total. The molecule has 0 aromatic heterocycles. The Labute approximate surface area is 79.0 Å². The van der Waals surface area contributed by atoms with Gasteiger partial charge in [-0.3, -0.25) is 0 Å². The lowest BCUT2D eigenvalue weighted by molar-refractivity contribution is 1.11. The third-order valence-corrected chi connectivity index (χ3v) is 2.20. The number of benzene rings is 1. The van der Waals surface area contributed by atoms with E-state index in [9.17, 15) is 0 Å². The molecule has 0 saturated heterocycles. The third kappa shape index (κ3) is 1.92. The van der Waals surface area contributed by atoms with Crippen molar-refractivity contribution in [2.45, 2.75) is 13.3 Å². The quantitative estimate of drug-likeness (QED) is 0.682. The standard InChI is InChI=1S/C10H14ClN/c1-4-8-5-6-10(12(2)3)9(11)7-8/h5-7H,4H2,1-3H3. The zero-order valence-electron chi connectivity index (χ0n) is 7.76. The molecule has 1 rings (SSSR count). The second-order valence-electron chi connectivity index (χ2n) is 3.03. The highest BCUT2D eigenvalue weighted by Crippen LogP contribution is 2.25. The van der Waals surface area contributed by atoms with Crippen LogP contribution in [-0.4, -0.2) is 14.1 Å². The molecule has 0 aliphatic heterocycles. The van der Waals surface area contributed by atoms with Crippen molar-refractivity contribution in [1.82, 2.24) is 0 Å². The minimum atomic E-state index is 0.833. The second kappa shape index (κ2) is 3.81. The van der Waals surface area contributed by atoms with E-state index in [0.717, 1.165) is 17.1 Å². The van der Waals surface area contributed by atoms with Gasteiger partial charge < -0.3 is 4.90 Å². The van der Waals surface area contributed by atoms with Crippen LogP contribution >= 0.6 is 11.6 Å². The number of halogens is 1. The summed E-state index contributed by atoms with van der Waals surface area (Å²) >= 11 is 6.06. The van der Waals surface area contributed by atoms with Gasteiger partial charge in [-0.1, -0.05) is 24.6 Å². The average Bonchev–Trinajstić information content (AvgIpc) is 2.03. The lowest BCUT2D eigenvalue weighted by atomic mass is 10.1. The fourth-order valence-electron chi connectivity index (χ4n) is 1.13. The predicted molar refractivity (Wildman–Crippen MR) is 55.2 cm³/mol. The summed E-state index contributed by atoms with van der Waals surface area (Å²) in [4.78, 5) is 2.02. The maximum absolute atomic E-state index is 6.06. The Morgan fingerprint density at radius 1 is 1.33 bits per heavy atom. The molecule has 0 fully saturated rings. The molecule has 0 aliphatic carbocycles. The molecule has 1 aromatic rings. The normalized spacial score (nSPS) is 10.0. The number of nitrogens with zero attached hydrogens (tertiary/aromatic N) is 1. The van der Waals surface area contributed by atoms with Gasteiger partial charge in [0.05, 0.1) is 10.7 Å². The molecule has 0 heterocycles. The smallest absolute Gasteiger partial charge is 0.0642 e. The molecule has 12 heavy (non-hydrogen) atoms. The van der Waals surface area contributed by atoms with Crippen LogP contribution in [0.3, 0.4) is 0 Å². The van der Waals surface area contributed by atoms with E-state index in [-0.39, 0.29) is 0 Å². The fraction of sp³-hybridized carbons (Fsp3) is 0.400. The first-order valence-electron chi connectivity index (χ1n) is 4.11. The number of hydrogen-bond donors (Lipinski definition) is 0. The zero-order chi connectivity index (χ0) is 9.14. The summed E-state index contributed by atoms with van der Waals surface area (Å²) in [6.07, 6.45) is 1.04. The highest BCUT2D eigenvalue weighted by atomic mass is 35.5. The van der Waals surface area contributed by atoms with Gasteiger partial charge in [-0.25, -0.2) is 0 Å². The molecule has 0 aliphatic rings. The average molecular weight is 184 g/mol. The molecular formula is C10H14ClN. The number of rotatable bonds is 2. The largest absolute Gasteiger partial charge is 0.376 e. The first-order chi connectivity index (χ1) is 5.65. The van der Waals surface area contributed by atoms with E-state index in [1.165, 1.54) is 5.56 Å². The van der Waals surface area contributed by atoms with Crippen LogP contribution in [0.5, 0.6) is 0 Å². The third-order valence-electron chi connectivity index (χ3n) is 1.90. The van der Waals surface area contributed by atoms with Crippen molar-refractivity contribution in [2.24, 2.45) is 0 Å². The number of aryl methyl sites for hydroxylation is 1. The van der Waals surface area contributed by atoms with Gasteiger partial charge in [0.1, 0.15) is 0 Å². The van der Waals surface area contributed by atoms with Crippen molar-refractivity contribution in [1.29, 1.82) is 0 Å². The summed E-state index contributed by atoms with van der Waals surface area (Å²) in [6, 6.07) is 6.19. The molecule has 2 heteroatoms. The molecular weight excluding hydrogens is 170 g/mol. The van der Waals surface area contributed by atoms with E-state index in [1.54, 1.807) is 0 Å². The van der Waals surface area contributed by atoms with Crippen molar-refractivity contribution >= 4 is 17.3 Å².